The van der Waals surface area contributed by atoms with E-state index < -0.39 is 11.6 Å². The van der Waals surface area contributed by atoms with Crippen LogP contribution >= 0.6 is 11.3 Å². The summed E-state index contributed by atoms with van der Waals surface area (Å²) < 4.78 is 27.3. The fourth-order valence-electron chi connectivity index (χ4n) is 1.99. The number of aromatic nitrogens is 2. The molecule has 1 saturated carbocycles. The number of halogens is 2. The lowest BCUT2D eigenvalue weighted by Crippen LogP contribution is -2.17. The molecule has 0 spiro atoms. The molecule has 1 heterocycles. The van der Waals surface area contributed by atoms with Gasteiger partial charge in [0, 0.05) is 12.5 Å². The van der Waals surface area contributed by atoms with Gasteiger partial charge in [-0.2, -0.15) is 0 Å². The van der Waals surface area contributed by atoms with E-state index in [1.807, 2.05) is 0 Å². The number of benzene rings is 1. The van der Waals surface area contributed by atoms with Crippen molar-refractivity contribution in [2.24, 2.45) is 0 Å². The van der Waals surface area contributed by atoms with Crippen LogP contribution in [0.3, 0.4) is 0 Å². The summed E-state index contributed by atoms with van der Waals surface area (Å²) in [6.07, 6.45) is 4.30. The number of rotatable bonds is 6. The molecule has 0 unspecified atom stereocenters. The van der Waals surface area contributed by atoms with Gasteiger partial charge in [0.2, 0.25) is 0 Å². The highest BCUT2D eigenvalue weighted by Gasteiger charge is 2.20. The van der Waals surface area contributed by atoms with Crippen LogP contribution in [0.5, 0.6) is 0 Å². The predicted octanol–water partition coefficient (Wildman–Crippen LogP) is 3.17. The van der Waals surface area contributed by atoms with E-state index in [1.54, 1.807) is 0 Å². The third-order valence-corrected chi connectivity index (χ3v) is 4.22. The molecule has 1 aromatic carbocycles. The molecule has 20 heavy (non-hydrogen) atoms. The Hall–Kier alpha value is -1.40. The summed E-state index contributed by atoms with van der Waals surface area (Å²) in [5, 5.41) is 12.5. The minimum Gasteiger partial charge on any atom is -0.314 e. The van der Waals surface area contributed by atoms with Crippen molar-refractivity contribution in [2.75, 3.05) is 6.54 Å². The first-order chi connectivity index (χ1) is 9.74. The normalized spacial score (nSPS) is 14.7. The molecule has 1 aliphatic carbocycles. The molecule has 0 radical (unpaired) electrons. The summed E-state index contributed by atoms with van der Waals surface area (Å²) in [6.45, 7) is 0.952. The molecular weight excluding hydrogens is 280 g/mol. The first-order valence-corrected chi connectivity index (χ1v) is 7.56. The maximum Gasteiger partial charge on any atom is 0.153 e. The fraction of sp³-hybridized carbons (Fsp3) is 0.429. The topological polar surface area (TPSA) is 37.8 Å². The number of nitrogens with zero attached hydrogens (tertiary/aromatic N) is 2. The molecule has 0 atom stereocenters. The lowest BCUT2D eigenvalue weighted by molar-refractivity contribution is 0.589. The number of nitrogens with one attached hydrogen (secondary N) is 1. The van der Waals surface area contributed by atoms with E-state index in [9.17, 15) is 8.78 Å². The Morgan fingerprint density at radius 3 is 2.65 bits per heavy atom. The SMILES string of the molecule is Fc1cccc(F)c1-c1nnc(CCCNC2CC2)s1. The van der Waals surface area contributed by atoms with Crippen molar-refractivity contribution < 1.29 is 8.78 Å². The van der Waals surface area contributed by atoms with Crippen molar-refractivity contribution >= 4 is 11.3 Å². The van der Waals surface area contributed by atoms with Gasteiger partial charge in [-0.25, -0.2) is 8.78 Å². The fourth-order valence-corrected chi connectivity index (χ4v) is 2.92. The van der Waals surface area contributed by atoms with Crippen molar-refractivity contribution in [3.8, 4) is 10.6 Å². The standard InChI is InChI=1S/C14H15F2N3S/c15-10-3-1-4-11(16)13(10)14-19-18-12(20-14)5-2-8-17-9-6-7-9/h1,3-4,9,17H,2,5-8H2. The van der Waals surface area contributed by atoms with E-state index in [0.29, 0.717) is 11.0 Å². The highest BCUT2D eigenvalue weighted by Crippen LogP contribution is 2.29. The Balaban J connectivity index is 1.63. The zero-order valence-electron chi connectivity index (χ0n) is 10.9. The van der Waals surface area contributed by atoms with Crippen LogP contribution in [0, 0.1) is 11.6 Å². The summed E-state index contributed by atoms with van der Waals surface area (Å²) in [6, 6.07) is 4.52. The van der Waals surface area contributed by atoms with E-state index in [0.717, 1.165) is 24.4 Å². The third-order valence-electron chi connectivity index (χ3n) is 3.22. The second-order valence-electron chi connectivity index (χ2n) is 4.93. The molecule has 0 saturated heterocycles. The van der Waals surface area contributed by atoms with E-state index in [-0.39, 0.29) is 5.56 Å². The van der Waals surface area contributed by atoms with Crippen molar-refractivity contribution in [3.05, 3.63) is 34.8 Å². The van der Waals surface area contributed by atoms with Crippen LogP contribution in [0.15, 0.2) is 18.2 Å². The van der Waals surface area contributed by atoms with Gasteiger partial charge in [-0.15, -0.1) is 10.2 Å². The smallest absolute Gasteiger partial charge is 0.153 e. The van der Waals surface area contributed by atoms with Gasteiger partial charge in [0.15, 0.2) is 5.01 Å². The van der Waals surface area contributed by atoms with Crippen LogP contribution in [0.1, 0.15) is 24.3 Å². The minimum atomic E-state index is -0.594. The zero-order chi connectivity index (χ0) is 13.9. The maximum atomic E-state index is 13.6. The molecule has 0 bridgehead atoms. The molecule has 0 amide bonds. The second-order valence-corrected chi connectivity index (χ2v) is 5.99. The van der Waals surface area contributed by atoms with E-state index in [1.165, 1.54) is 42.4 Å². The van der Waals surface area contributed by atoms with Gasteiger partial charge >= 0.3 is 0 Å². The number of hydrogen-bond acceptors (Lipinski definition) is 4. The average Bonchev–Trinajstić information content (AvgIpc) is 3.13. The Morgan fingerprint density at radius 2 is 1.95 bits per heavy atom. The van der Waals surface area contributed by atoms with Crippen LogP contribution in [0.2, 0.25) is 0 Å². The van der Waals surface area contributed by atoms with Gasteiger partial charge < -0.3 is 5.32 Å². The predicted molar refractivity (Wildman–Crippen MR) is 74.6 cm³/mol. The van der Waals surface area contributed by atoms with Crippen molar-refractivity contribution in [1.82, 2.24) is 15.5 Å². The van der Waals surface area contributed by atoms with E-state index in [4.69, 9.17) is 0 Å². The van der Waals surface area contributed by atoms with E-state index >= 15 is 0 Å². The molecule has 6 heteroatoms. The van der Waals surface area contributed by atoms with Gasteiger partial charge in [0.25, 0.3) is 0 Å². The van der Waals surface area contributed by atoms with Crippen molar-refractivity contribution in [3.63, 3.8) is 0 Å². The lowest BCUT2D eigenvalue weighted by Gasteiger charge is -2.00. The monoisotopic (exact) mass is 295 g/mol. The summed E-state index contributed by atoms with van der Waals surface area (Å²) in [5.41, 5.74) is -0.0765. The lowest BCUT2D eigenvalue weighted by atomic mass is 10.2. The van der Waals surface area contributed by atoms with Gasteiger partial charge in [0.05, 0.1) is 5.56 Å². The molecule has 2 aromatic rings. The maximum absolute atomic E-state index is 13.6. The largest absolute Gasteiger partial charge is 0.314 e. The zero-order valence-corrected chi connectivity index (χ0v) is 11.7. The first kappa shape index (κ1) is 13.6. The second kappa shape index (κ2) is 5.93. The van der Waals surface area contributed by atoms with Crippen LogP contribution in [0.4, 0.5) is 8.78 Å². The highest BCUT2D eigenvalue weighted by molar-refractivity contribution is 7.14. The molecule has 1 fully saturated rings. The van der Waals surface area contributed by atoms with Crippen LogP contribution < -0.4 is 5.32 Å². The van der Waals surface area contributed by atoms with Crippen LogP contribution in [-0.2, 0) is 6.42 Å². The Bertz CT molecular complexity index is 576. The van der Waals surface area contributed by atoms with Crippen LogP contribution in [0.25, 0.3) is 10.6 Å². The molecular formula is C14H15F2N3S. The quantitative estimate of drug-likeness (QED) is 0.832. The Morgan fingerprint density at radius 1 is 1.20 bits per heavy atom. The Labute approximate surface area is 120 Å². The molecule has 0 aliphatic heterocycles. The number of aryl methyl sites for hydroxylation is 1. The summed E-state index contributed by atoms with van der Waals surface area (Å²) in [4.78, 5) is 0. The van der Waals surface area contributed by atoms with Crippen LogP contribution in [-0.4, -0.2) is 22.8 Å². The average molecular weight is 295 g/mol. The van der Waals surface area contributed by atoms with Gasteiger partial charge in [-0.3, -0.25) is 0 Å². The van der Waals surface area contributed by atoms with E-state index in [2.05, 4.69) is 15.5 Å². The minimum absolute atomic E-state index is 0.0765. The molecule has 106 valence electrons. The molecule has 1 aliphatic rings. The molecule has 3 nitrogen and oxygen atoms in total. The highest BCUT2D eigenvalue weighted by atomic mass is 32.1. The van der Waals surface area contributed by atoms with Gasteiger partial charge in [-0.05, 0) is 37.9 Å². The molecule has 1 aromatic heterocycles. The summed E-state index contributed by atoms with van der Waals surface area (Å²) >= 11 is 1.26. The molecule has 3 rings (SSSR count). The molecule has 1 N–H and O–H groups in total. The third kappa shape index (κ3) is 3.19. The Kier molecular flexibility index (Phi) is 4.03. The number of hydrogen-bond donors (Lipinski definition) is 1. The summed E-state index contributed by atoms with van der Waals surface area (Å²) in [5.74, 6) is -1.19. The summed E-state index contributed by atoms with van der Waals surface area (Å²) in [7, 11) is 0. The van der Waals surface area contributed by atoms with Gasteiger partial charge in [-0.1, -0.05) is 17.4 Å². The first-order valence-electron chi connectivity index (χ1n) is 6.74. The van der Waals surface area contributed by atoms with Crippen molar-refractivity contribution in [2.45, 2.75) is 31.7 Å². The van der Waals surface area contributed by atoms with Gasteiger partial charge in [0.1, 0.15) is 16.6 Å². The van der Waals surface area contributed by atoms with Crippen molar-refractivity contribution in [1.29, 1.82) is 0 Å².